The van der Waals surface area contributed by atoms with Crippen molar-refractivity contribution in [1.29, 1.82) is 0 Å². The monoisotopic (exact) mass is 329 g/mol. The number of aromatic nitrogens is 3. The smallest absolute Gasteiger partial charge is 0.408 e. The third-order valence-electron chi connectivity index (χ3n) is 3.80. The Bertz CT molecular complexity index is 923. The van der Waals surface area contributed by atoms with Crippen molar-refractivity contribution in [2.24, 2.45) is 7.05 Å². The minimum Gasteiger partial charge on any atom is -0.408 e. The van der Waals surface area contributed by atoms with Crippen molar-refractivity contribution in [3.63, 3.8) is 0 Å². The second-order valence-corrected chi connectivity index (χ2v) is 5.78. The normalized spacial score (nSPS) is 12.3. The zero-order chi connectivity index (χ0) is 17.3. The van der Waals surface area contributed by atoms with Gasteiger partial charge in [-0.15, -0.1) is 0 Å². The third-order valence-corrected chi connectivity index (χ3v) is 3.80. The molecule has 0 aliphatic heterocycles. The van der Waals surface area contributed by atoms with Crippen LogP contribution in [0.5, 0.6) is 0 Å². The Hall–Kier alpha value is -3.03. The van der Waals surface area contributed by atoms with Crippen LogP contribution in [0.25, 0.3) is 11.1 Å². The Kier molecular flexibility index (Phi) is 4.11. The number of hydrogen-bond acceptors (Lipinski definition) is 4. The number of nitrogens with zero attached hydrogens (tertiary/aromatic N) is 3. The fourth-order valence-corrected chi connectivity index (χ4v) is 2.47. The molecule has 0 radical (unpaired) electrons. The molecule has 1 atom stereocenters. The first kappa shape index (κ1) is 15.9. The molecule has 1 unspecified atom stereocenters. The maximum atomic E-state index is 12.3. The number of H-pyrrole nitrogens is 1. The van der Waals surface area contributed by atoms with Gasteiger partial charge in [0.15, 0.2) is 5.58 Å². The maximum Gasteiger partial charge on any atom is 0.417 e. The molecule has 0 saturated heterocycles. The van der Waals surface area contributed by atoms with E-state index >= 15 is 0 Å². The third kappa shape index (κ3) is 3.32. The summed E-state index contributed by atoms with van der Waals surface area (Å²) in [6.07, 6.45) is 1.84. The molecule has 126 valence electrons. The number of urea groups is 1. The van der Waals surface area contributed by atoms with E-state index in [1.165, 1.54) is 0 Å². The van der Waals surface area contributed by atoms with E-state index in [1.54, 1.807) is 28.8 Å². The number of aromatic amines is 1. The second-order valence-electron chi connectivity index (χ2n) is 5.78. The van der Waals surface area contributed by atoms with Crippen LogP contribution in [-0.2, 0) is 13.6 Å². The van der Waals surface area contributed by atoms with Gasteiger partial charge < -0.3 is 14.6 Å². The summed E-state index contributed by atoms with van der Waals surface area (Å²) in [5.74, 6) is -0.492. The number of benzene rings is 1. The van der Waals surface area contributed by atoms with Crippen LogP contribution in [0, 0.1) is 0 Å². The van der Waals surface area contributed by atoms with Gasteiger partial charge in [-0.1, -0.05) is 6.07 Å². The number of rotatable bonds is 4. The minimum absolute atomic E-state index is 0.205. The van der Waals surface area contributed by atoms with E-state index in [0.29, 0.717) is 17.6 Å². The molecule has 1 aromatic carbocycles. The lowest BCUT2D eigenvalue weighted by Crippen LogP contribution is -2.38. The van der Waals surface area contributed by atoms with Gasteiger partial charge in [0.1, 0.15) is 0 Å². The van der Waals surface area contributed by atoms with Gasteiger partial charge in [0.05, 0.1) is 23.8 Å². The van der Waals surface area contributed by atoms with E-state index in [0.717, 1.165) is 11.3 Å². The Morgan fingerprint density at radius 2 is 2.25 bits per heavy atom. The van der Waals surface area contributed by atoms with Gasteiger partial charge >= 0.3 is 11.8 Å². The van der Waals surface area contributed by atoms with Crippen LogP contribution in [0.4, 0.5) is 4.79 Å². The van der Waals surface area contributed by atoms with Gasteiger partial charge in [-0.2, -0.15) is 5.10 Å². The molecule has 3 aromatic rings. The molecule has 0 bridgehead atoms. The van der Waals surface area contributed by atoms with Crippen LogP contribution >= 0.6 is 0 Å². The second kappa shape index (κ2) is 6.23. The van der Waals surface area contributed by atoms with E-state index in [-0.39, 0.29) is 12.1 Å². The number of nitrogens with one attached hydrogen (secondary N) is 2. The molecule has 0 aliphatic carbocycles. The number of fused-ring (bicyclic) bond motifs is 1. The molecule has 0 spiro atoms. The fraction of sp³-hybridized carbons (Fsp3) is 0.312. The van der Waals surface area contributed by atoms with Crippen molar-refractivity contribution in [2.45, 2.75) is 19.5 Å². The van der Waals surface area contributed by atoms with Crippen molar-refractivity contribution >= 4 is 17.1 Å². The number of oxazole rings is 1. The minimum atomic E-state index is -0.492. The van der Waals surface area contributed by atoms with Gasteiger partial charge in [-0.3, -0.25) is 9.67 Å². The Morgan fingerprint density at radius 3 is 2.96 bits per heavy atom. The largest absolute Gasteiger partial charge is 0.417 e. The number of carbonyl (C=O) groups excluding carboxylic acids is 1. The van der Waals surface area contributed by atoms with Crippen LogP contribution in [0.2, 0.25) is 0 Å². The van der Waals surface area contributed by atoms with Crippen LogP contribution < -0.4 is 11.1 Å². The number of hydrogen-bond donors (Lipinski definition) is 2. The highest BCUT2D eigenvalue weighted by molar-refractivity contribution is 5.75. The topological polar surface area (TPSA) is 96.2 Å². The van der Waals surface area contributed by atoms with Crippen LogP contribution in [0.3, 0.4) is 0 Å². The molecule has 0 saturated carbocycles. The summed E-state index contributed by atoms with van der Waals surface area (Å²) in [7, 11) is 3.55. The first-order valence-electron chi connectivity index (χ1n) is 7.55. The van der Waals surface area contributed by atoms with E-state index in [9.17, 15) is 9.59 Å². The summed E-state index contributed by atoms with van der Waals surface area (Å²) >= 11 is 0. The van der Waals surface area contributed by atoms with E-state index in [1.807, 2.05) is 32.3 Å². The molecule has 2 amide bonds. The summed E-state index contributed by atoms with van der Waals surface area (Å²) in [5, 5.41) is 7.17. The summed E-state index contributed by atoms with van der Waals surface area (Å²) in [5.41, 5.74) is 2.78. The molecule has 3 rings (SSSR count). The zero-order valence-electron chi connectivity index (χ0n) is 13.7. The van der Waals surface area contributed by atoms with Gasteiger partial charge in [-0.05, 0) is 30.7 Å². The highest BCUT2D eigenvalue weighted by atomic mass is 16.4. The van der Waals surface area contributed by atoms with Gasteiger partial charge in [0.2, 0.25) is 0 Å². The predicted molar refractivity (Wildman–Crippen MR) is 88.5 cm³/mol. The Morgan fingerprint density at radius 1 is 1.46 bits per heavy atom. The molecule has 24 heavy (non-hydrogen) atoms. The molecule has 8 nitrogen and oxygen atoms in total. The van der Waals surface area contributed by atoms with Crippen molar-refractivity contribution < 1.29 is 9.21 Å². The first-order valence-corrected chi connectivity index (χ1v) is 7.55. The molecule has 0 aliphatic rings. The lowest BCUT2D eigenvalue weighted by molar-refractivity contribution is 0.203. The van der Waals surface area contributed by atoms with Crippen molar-refractivity contribution in [3.8, 4) is 0 Å². The molecular formula is C16H19N5O3. The van der Waals surface area contributed by atoms with Crippen molar-refractivity contribution in [2.75, 3.05) is 7.05 Å². The van der Waals surface area contributed by atoms with Crippen LogP contribution in [-0.4, -0.2) is 32.7 Å². The Labute approximate surface area is 138 Å². The molecule has 2 aromatic heterocycles. The fourth-order valence-electron chi connectivity index (χ4n) is 2.47. The Balaban J connectivity index is 1.66. The van der Waals surface area contributed by atoms with E-state index in [4.69, 9.17) is 4.42 Å². The van der Waals surface area contributed by atoms with Crippen LogP contribution in [0.1, 0.15) is 24.2 Å². The van der Waals surface area contributed by atoms with E-state index in [2.05, 4.69) is 15.4 Å². The van der Waals surface area contributed by atoms with Crippen molar-refractivity contribution in [3.05, 3.63) is 52.3 Å². The van der Waals surface area contributed by atoms with Gasteiger partial charge in [0, 0.05) is 20.3 Å². The average Bonchev–Trinajstić information content (AvgIpc) is 3.10. The SMILES string of the molecule is CC(NC(=O)N(C)Cc1ccn(C)n1)c1ccc2[nH]c(=O)oc2c1. The van der Waals surface area contributed by atoms with E-state index < -0.39 is 5.76 Å². The summed E-state index contributed by atoms with van der Waals surface area (Å²) in [4.78, 5) is 27.7. The predicted octanol–water partition coefficient (Wildman–Crippen LogP) is 1.76. The maximum absolute atomic E-state index is 12.3. The quantitative estimate of drug-likeness (QED) is 0.762. The molecule has 2 N–H and O–H groups in total. The summed E-state index contributed by atoms with van der Waals surface area (Å²) in [6, 6.07) is 6.79. The lowest BCUT2D eigenvalue weighted by atomic mass is 10.1. The molecule has 8 heteroatoms. The summed E-state index contributed by atoms with van der Waals surface area (Å²) < 4.78 is 6.75. The average molecular weight is 329 g/mol. The highest BCUT2D eigenvalue weighted by Gasteiger charge is 2.15. The summed E-state index contributed by atoms with van der Waals surface area (Å²) in [6.45, 7) is 2.30. The molecule has 0 fully saturated rings. The number of amides is 2. The van der Waals surface area contributed by atoms with Gasteiger partial charge in [-0.25, -0.2) is 9.59 Å². The number of carbonyl (C=O) groups is 1. The number of aryl methyl sites for hydroxylation is 1. The standard InChI is InChI=1S/C16H19N5O3/c1-10(11-4-5-13-14(8-11)24-16(23)18-13)17-15(22)20(2)9-12-6-7-21(3)19-12/h4-8,10H,9H2,1-3H3,(H,17,22)(H,18,23). The van der Waals surface area contributed by atoms with Crippen LogP contribution in [0.15, 0.2) is 39.7 Å². The zero-order valence-corrected chi connectivity index (χ0v) is 13.7. The molecular weight excluding hydrogens is 310 g/mol. The molecule has 2 heterocycles. The lowest BCUT2D eigenvalue weighted by Gasteiger charge is -2.21. The van der Waals surface area contributed by atoms with Gasteiger partial charge in [0.25, 0.3) is 0 Å². The highest BCUT2D eigenvalue weighted by Crippen LogP contribution is 2.18. The first-order chi connectivity index (χ1) is 11.4. The van der Waals surface area contributed by atoms with Crippen molar-refractivity contribution in [1.82, 2.24) is 25.0 Å².